The first-order valence-electron chi connectivity index (χ1n) is 6.01. The molecule has 1 N–H and O–H groups in total. The first-order chi connectivity index (χ1) is 7.77. The van der Waals surface area contributed by atoms with Gasteiger partial charge in [-0.05, 0) is 25.6 Å². The maximum absolute atomic E-state index is 4.37. The van der Waals surface area contributed by atoms with E-state index < -0.39 is 0 Å². The Bertz CT molecular complexity index is 286. The van der Waals surface area contributed by atoms with Crippen molar-refractivity contribution < 1.29 is 0 Å². The van der Waals surface area contributed by atoms with Gasteiger partial charge >= 0.3 is 0 Å². The Balaban J connectivity index is 2.23. The molecule has 4 heteroatoms. The number of aryl methyl sites for hydroxylation is 1. The lowest BCUT2D eigenvalue weighted by atomic mass is 10.3. The summed E-state index contributed by atoms with van der Waals surface area (Å²) in [6.07, 6.45) is 8.49. The molecule has 0 bridgehead atoms. The van der Waals surface area contributed by atoms with Gasteiger partial charge in [-0.3, -0.25) is 0 Å². The van der Waals surface area contributed by atoms with Crippen molar-refractivity contribution in [1.82, 2.24) is 14.9 Å². The van der Waals surface area contributed by atoms with Gasteiger partial charge in [0.15, 0.2) is 0 Å². The van der Waals surface area contributed by atoms with Crippen LogP contribution in [0.15, 0.2) is 12.4 Å². The van der Waals surface area contributed by atoms with E-state index in [1.165, 1.54) is 6.42 Å². The molecule has 1 rings (SSSR count). The molecule has 1 heterocycles. The summed E-state index contributed by atoms with van der Waals surface area (Å²) in [4.78, 5) is 4.37. The number of thioether (sulfide) groups is 1. The topological polar surface area (TPSA) is 29.9 Å². The molecule has 0 fully saturated rings. The van der Waals surface area contributed by atoms with E-state index in [2.05, 4.69) is 41.2 Å². The van der Waals surface area contributed by atoms with E-state index in [0.717, 1.165) is 37.1 Å². The zero-order chi connectivity index (χ0) is 11.8. The number of aromatic nitrogens is 2. The molecule has 1 atom stereocenters. The number of hydrogen-bond donors (Lipinski definition) is 1. The lowest BCUT2D eigenvalue weighted by Crippen LogP contribution is -2.20. The zero-order valence-electron chi connectivity index (χ0n) is 10.6. The molecule has 0 aliphatic heterocycles. The van der Waals surface area contributed by atoms with Crippen LogP contribution in [0.2, 0.25) is 0 Å². The summed E-state index contributed by atoms with van der Waals surface area (Å²) in [6.45, 7) is 7.48. The van der Waals surface area contributed by atoms with Crippen molar-refractivity contribution in [2.75, 3.05) is 12.8 Å². The molecule has 0 aliphatic rings. The van der Waals surface area contributed by atoms with Crippen molar-refractivity contribution in [1.29, 1.82) is 0 Å². The van der Waals surface area contributed by atoms with Gasteiger partial charge in [-0.15, -0.1) is 0 Å². The van der Waals surface area contributed by atoms with Crippen molar-refractivity contribution in [2.45, 2.75) is 45.0 Å². The van der Waals surface area contributed by atoms with Crippen molar-refractivity contribution in [2.24, 2.45) is 0 Å². The van der Waals surface area contributed by atoms with Gasteiger partial charge in [-0.2, -0.15) is 11.8 Å². The Kier molecular flexibility index (Phi) is 6.57. The van der Waals surface area contributed by atoms with Crippen LogP contribution in [0.1, 0.15) is 32.5 Å². The Morgan fingerprint density at radius 3 is 3.06 bits per heavy atom. The zero-order valence-corrected chi connectivity index (χ0v) is 11.4. The Labute approximate surface area is 103 Å². The minimum atomic E-state index is 0.739. The molecule has 1 aromatic rings. The molecule has 16 heavy (non-hydrogen) atoms. The van der Waals surface area contributed by atoms with E-state index in [4.69, 9.17) is 0 Å². The van der Waals surface area contributed by atoms with E-state index in [1.54, 1.807) is 0 Å². The van der Waals surface area contributed by atoms with Crippen LogP contribution in [0.3, 0.4) is 0 Å². The fraction of sp³-hybridized carbons (Fsp3) is 0.750. The molecule has 92 valence electrons. The average molecular weight is 241 g/mol. The summed E-state index contributed by atoms with van der Waals surface area (Å²) in [5.74, 6) is 1.15. The molecule has 1 unspecified atom stereocenters. The second-order valence-electron chi connectivity index (χ2n) is 4.05. The van der Waals surface area contributed by atoms with Crippen LogP contribution < -0.4 is 5.32 Å². The molecule has 0 radical (unpaired) electrons. The van der Waals surface area contributed by atoms with Crippen molar-refractivity contribution in [3.8, 4) is 0 Å². The van der Waals surface area contributed by atoms with Crippen LogP contribution in [0.5, 0.6) is 0 Å². The summed E-state index contributed by atoms with van der Waals surface area (Å²) in [6, 6.07) is 0. The first-order valence-corrected chi connectivity index (χ1v) is 7.30. The minimum absolute atomic E-state index is 0.739. The lowest BCUT2D eigenvalue weighted by molar-refractivity contribution is 0.578. The maximum Gasteiger partial charge on any atom is 0.122 e. The molecule has 0 amide bonds. The SMILES string of the molecule is CCCn1ccnc1CNCCC(C)SC. The van der Waals surface area contributed by atoms with Gasteiger partial charge < -0.3 is 9.88 Å². The van der Waals surface area contributed by atoms with Crippen LogP contribution in [-0.4, -0.2) is 27.6 Å². The molecule has 0 saturated carbocycles. The molecular formula is C12H23N3S. The van der Waals surface area contributed by atoms with Gasteiger partial charge in [-0.25, -0.2) is 4.98 Å². The second-order valence-corrected chi connectivity index (χ2v) is 5.32. The Morgan fingerprint density at radius 2 is 2.38 bits per heavy atom. The van der Waals surface area contributed by atoms with Crippen molar-refractivity contribution >= 4 is 11.8 Å². The lowest BCUT2D eigenvalue weighted by Gasteiger charge is -2.10. The summed E-state index contributed by atoms with van der Waals surface area (Å²) >= 11 is 1.92. The predicted molar refractivity (Wildman–Crippen MR) is 71.8 cm³/mol. The fourth-order valence-electron chi connectivity index (χ4n) is 1.58. The van der Waals surface area contributed by atoms with E-state index >= 15 is 0 Å². The highest BCUT2D eigenvalue weighted by molar-refractivity contribution is 7.99. The van der Waals surface area contributed by atoms with Crippen LogP contribution in [0.4, 0.5) is 0 Å². The number of hydrogen-bond acceptors (Lipinski definition) is 3. The van der Waals surface area contributed by atoms with Crippen LogP contribution >= 0.6 is 11.8 Å². The second kappa shape index (κ2) is 7.74. The third kappa shape index (κ3) is 4.58. The largest absolute Gasteiger partial charge is 0.334 e. The summed E-state index contributed by atoms with van der Waals surface area (Å²) in [7, 11) is 0. The smallest absolute Gasteiger partial charge is 0.122 e. The van der Waals surface area contributed by atoms with Gasteiger partial charge in [0.25, 0.3) is 0 Å². The Hall–Kier alpha value is -0.480. The highest BCUT2D eigenvalue weighted by atomic mass is 32.2. The summed E-state index contributed by atoms with van der Waals surface area (Å²) in [5, 5.41) is 4.19. The number of rotatable bonds is 8. The van der Waals surface area contributed by atoms with Crippen molar-refractivity contribution in [3.05, 3.63) is 18.2 Å². The van der Waals surface area contributed by atoms with Gasteiger partial charge in [0.2, 0.25) is 0 Å². The average Bonchev–Trinajstić information content (AvgIpc) is 2.72. The molecule has 3 nitrogen and oxygen atoms in total. The molecule has 0 aliphatic carbocycles. The number of imidazole rings is 1. The van der Waals surface area contributed by atoms with Crippen LogP contribution in [0, 0.1) is 0 Å². The quantitative estimate of drug-likeness (QED) is 0.709. The minimum Gasteiger partial charge on any atom is -0.334 e. The number of nitrogens with one attached hydrogen (secondary N) is 1. The maximum atomic E-state index is 4.37. The first kappa shape index (κ1) is 13.6. The molecular weight excluding hydrogens is 218 g/mol. The number of nitrogens with zero attached hydrogens (tertiary/aromatic N) is 2. The van der Waals surface area contributed by atoms with Crippen LogP contribution in [-0.2, 0) is 13.1 Å². The van der Waals surface area contributed by atoms with E-state index in [1.807, 2.05) is 18.0 Å². The van der Waals surface area contributed by atoms with Crippen LogP contribution in [0.25, 0.3) is 0 Å². The van der Waals surface area contributed by atoms with Gasteiger partial charge in [0.1, 0.15) is 5.82 Å². The van der Waals surface area contributed by atoms with Gasteiger partial charge in [0, 0.05) is 24.2 Å². The van der Waals surface area contributed by atoms with Gasteiger partial charge in [0.05, 0.1) is 6.54 Å². The molecule has 0 saturated heterocycles. The van der Waals surface area contributed by atoms with E-state index in [0.29, 0.717) is 0 Å². The predicted octanol–water partition coefficient (Wildman–Crippen LogP) is 2.52. The third-order valence-electron chi connectivity index (χ3n) is 2.68. The monoisotopic (exact) mass is 241 g/mol. The normalized spacial score (nSPS) is 12.9. The Morgan fingerprint density at radius 1 is 1.56 bits per heavy atom. The van der Waals surface area contributed by atoms with Gasteiger partial charge in [-0.1, -0.05) is 13.8 Å². The van der Waals surface area contributed by atoms with E-state index in [-0.39, 0.29) is 0 Å². The summed E-state index contributed by atoms with van der Waals surface area (Å²) < 4.78 is 2.23. The van der Waals surface area contributed by atoms with Crippen molar-refractivity contribution in [3.63, 3.8) is 0 Å². The summed E-state index contributed by atoms with van der Waals surface area (Å²) in [5.41, 5.74) is 0. The molecule has 1 aromatic heterocycles. The standard InChI is InChI=1S/C12H23N3S/c1-4-8-15-9-7-14-12(15)10-13-6-5-11(2)16-3/h7,9,11,13H,4-6,8,10H2,1-3H3. The highest BCUT2D eigenvalue weighted by Gasteiger charge is 2.02. The molecule has 0 spiro atoms. The third-order valence-corrected chi connectivity index (χ3v) is 3.72. The fourth-order valence-corrected chi connectivity index (χ4v) is 1.93. The molecule has 0 aromatic carbocycles. The van der Waals surface area contributed by atoms with E-state index in [9.17, 15) is 0 Å². The highest BCUT2D eigenvalue weighted by Crippen LogP contribution is 2.08.